The van der Waals surface area contributed by atoms with Gasteiger partial charge in [-0.3, -0.25) is 0 Å². The molecule has 0 atom stereocenters. The summed E-state index contributed by atoms with van der Waals surface area (Å²) in [7, 11) is -3.62. The van der Waals surface area contributed by atoms with Gasteiger partial charge in [0, 0.05) is 0 Å². The van der Waals surface area contributed by atoms with E-state index in [0.29, 0.717) is 17.7 Å². The smallest absolute Gasteiger partial charge is 0.197 e. The molecule has 0 radical (unpaired) electrons. The van der Waals surface area contributed by atoms with E-state index in [1.54, 1.807) is 13.0 Å². The summed E-state index contributed by atoms with van der Waals surface area (Å²) in [4.78, 5) is 0.324. The minimum Gasteiger partial charge on any atom is -0.222 e. The summed E-state index contributed by atoms with van der Waals surface area (Å²) in [6.07, 6.45) is 2.77. The lowest BCUT2D eigenvalue weighted by atomic mass is 9.59. The first kappa shape index (κ1) is 16.0. The zero-order valence-electron chi connectivity index (χ0n) is 13.2. The monoisotopic (exact) mass is 305 g/mol. The molecule has 1 fully saturated rings. The van der Waals surface area contributed by atoms with Crippen LogP contribution in [-0.2, 0) is 9.84 Å². The van der Waals surface area contributed by atoms with E-state index in [1.807, 2.05) is 19.1 Å². The summed E-state index contributed by atoms with van der Waals surface area (Å²) >= 11 is 0. The Morgan fingerprint density at radius 1 is 1.19 bits per heavy atom. The summed E-state index contributed by atoms with van der Waals surface area (Å²) in [6, 6.07) is 7.55. The fourth-order valence-corrected chi connectivity index (χ4v) is 5.81. The van der Waals surface area contributed by atoms with Gasteiger partial charge in [0.1, 0.15) is 0 Å². The van der Waals surface area contributed by atoms with Crippen LogP contribution in [0.4, 0.5) is 0 Å². The molecule has 0 aliphatic heterocycles. The van der Waals surface area contributed by atoms with E-state index in [4.69, 9.17) is 0 Å². The number of benzene rings is 1. The molecule has 2 rings (SSSR count). The molecule has 0 saturated heterocycles. The zero-order valence-corrected chi connectivity index (χ0v) is 14.0. The van der Waals surface area contributed by atoms with E-state index in [1.165, 1.54) is 0 Å². The van der Waals surface area contributed by atoms with Crippen LogP contribution < -0.4 is 0 Å². The molecule has 0 aromatic heterocycles. The van der Waals surface area contributed by atoms with Gasteiger partial charge in [-0.15, -0.1) is 0 Å². The Morgan fingerprint density at radius 2 is 1.76 bits per heavy atom. The van der Waals surface area contributed by atoms with E-state index < -0.39 is 14.6 Å². The van der Waals surface area contributed by atoms with Crippen molar-refractivity contribution in [1.29, 1.82) is 5.26 Å². The summed E-state index contributed by atoms with van der Waals surface area (Å²) < 4.78 is 24.8. The molecule has 1 aromatic rings. The van der Waals surface area contributed by atoms with Crippen molar-refractivity contribution >= 4 is 9.84 Å². The molecular formula is C17H23NO2S. The molecule has 1 aliphatic carbocycles. The highest BCUT2D eigenvalue weighted by Crippen LogP contribution is 2.57. The predicted molar refractivity (Wildman–Crippen MR) is 83.7 cm³/mol. The average Bonchev–Trinajstić information content (AvgIpc) is 2.42. The van der Waals surface area contributed by atoms with Gasteiger partial charge in [0.15, 0.2) is 14.6 Å². The molecule has 1 aromatic carbocycles. The summed E-state index contributed by atoms with van der Waals surface area (Å²) in [5.74, 6) is 0. The van der Waals surface area contributed by atoms with Gasteiger partial charge < -0.3 is 0 Å². The standard InChI is InChI=1S/C17H23NO2S/c1-5-16(6-2)10-17(11-16,12-18)21(19,20)15-9-13(3)7-8-14(15)4/h7-9H,5-6,10-11H2,1-4H3. The second-order valence-corrected chi connectivity index (χ2v) is 8.67. The fraction of sp³-hybridized carbons (Fsp3) is 0.588. The number of hydrogen-bond acceptors (Lipinski definition) is 3. The van der Waals surface area contributed by atoms with Crippen molar-refractivity contribution in [2.45, 2.75) is 63.0 Å². The Bertz CT molecular complexity index is 686. The van der Waals surface area contributed by atoms with E-state index in [2.05, 4.69) is 19.9 Å². The fourth-order valence-electron chi connectivity index (χ4n) is 3.45. The van der Waals surface area contributed by atoms with Gasteiger partial charge in [0.25, 0.3) is 0 Å². The molecule has 21 heavy (non-hydrogen) atoms. The van der Waals surface area contributed by atoms with Crippen molar-refractivity contribution < 1.29 is 8.42 Å². The molecule has 0 unspecified atom stereocenters. The summed E-state index contributed by atoms with van der Waals surface area (Å²) in [6.45, 7) is 7.83. The molecular weight excluding hydrogens is 282 g/mol. The maximum Gasteiger partial charge on any atom is 0.197 e. The van der Waals surface area contributed by atoms with Crippen LogP contribution in [0.3, 0.4) is 0 Å². The van der Waals surface area contributed by atoms with Gasteiger partial charge >= 0.3 is 0 Å². The molecule has 0 bridgehead atoms. The SMILES string of the molecule is CCC1(CC)CC(C#N)(S(=O)(=O)c2cc(C)ccc2C)C1. The second kappa shape index (κ2) is 5.14. The lowest BCUT2D eigenvalue weighted by Crippen LogP contribution is -2.55. The lowest BCUT2D eigenvalue weighted by Gasteiger charge is -2.51. The molecule has 0 amide bonds. The number of aryl methyl sites for hydroxylation is 2. The van der Waals surface area contributed by atoms with Crippen LogP contribution in [0, 0.1) is 30.6 Å². The van der Waals surface area contributed by atoms with Crippen LogP contribution in [0.2, 0.25) is 0 Å². The number of sulfone groups is 1. The first-order valence-corrected chi connectivity index (χ1v) is 8.97. The van der Waals surface area contributed by atoms with Crippen molar-refractivity contribution in [2.24, 2.45) is 5.41 Å². The summed E-state index contributed by atoms with van der Waals surface area (Å²) in [5.41, 5.74) is 1.64. The van der Waals surface area contributed by atoms with Crippen LogP contribution in [0.5, 0.6) is 0 Å². The number of nitrogens with zero attached hydrogens (tertiary/aromatic N) is 1. The molecule has 1 saturated carbocycles. The minimum absolute atomic E-state index is 0.0144. The van der Waals surface area contributed by atoms with Crippen LogP contribution in [-0.4, -0.2) is 13.2 Å². The number of hydrogen-bond donors (Lipinski definition) is 0. The largest absolute Gasteiger partial charge is 0.222 e. The van der Waals surface area contributed by atoms with Gasteiger partial charge in [0.2, 0.25) is 0 Å². The predicted octanol–water partition coefficient (Wildman–Crippen LogP) is 3.94. The maximum atomic E-state index is 13.0. The van der Waals surface area contributed by atoms with Crippen LogP contribution in [0.15, 0.2) is 23.1 Å². The van der Waals surface area contributed by atoms with Gasteiger partial charge in [-0.1, -0.05) is 38.8 Å². The topological polar surface area (TPSA) is 57.9 Å². The van der Waals surface area contributed by atoms with E-state index in [-0.39, 0.29) is 5.41 Å². The molecule has 0 heterocycles. The third-order valence-corrected chi connectivity index (χ3v) is 7.60. The van der Waals surface area contributed by atoms with E-state index in [9.17, 15) is 13.7 Å². The normalized spacial score (nSPS) is 19.6. The highest BCUT2D eigenvalue weighted by Gasteiger charge is 2.61. The van der Waals surface area contributed by atoms with E-state index in [0.717, 1.165) is 24.0 Å². The lowest BCUT2D eigenvalue weighted by molar-refractivity contribution is 0.0926. The van der Waals surface area contributed by atoms with Crippen LogP contribution in [0.1, 0.15) is 50.7 Å². The van der Waals surface area contributed by atoms with Crippen LogP contribution >= 0.6 is 0 Å². The molecule has 114 valence electrons. The second-order valence-electron chi connectivity index (χ2n) is 6.44. The minimum atomic E-state index is -3.62. The Hall–Kier alpha value is -1.34. The first-order valence-electron chi connectivity index (χ1n) is 7.49. The van der Waals surface area contributed by atoms with Crippen molar-refractivity contribution in [3.8, 4) is 6.07 Å². The molecule has 4 heteroatoms. The molecule has 1 aliphatic rings. The average molecular weight is 305 g/mol. The maximum absolute atomic E-state index is 13.0. The zero-order chi connectivity index (χ0) is 15.9. The highest BCUT2D eigenvalue weighted by atomic mass is 32.2. The van der Waals surface area contributed by atoms with Gasteiger partial charge in [-0.2, -0.15) is 5.26 Å². The summed E-state index contributed by atoms with van der Waals surface area (Å²) in [5, 5.41) is 9.59. The molecule has 0 spiro atoms. The third kappa shape index (κ3) is 2.28. The quantitative estimate of drug-likeness (QED) is 0.846. The van der Waals surface area contributed by atoms with Crippen molar-refractivity contribution in [3.05, 3.63) is 29.3 Å². The highest BCUT2D eigenvalue weighted by molar-refractivity contribution is 7.93. The van der Waals surface area contributed by atoms with Gasteiger partial charge in [-0.05, 0) is 49.3 Å². The number of nitriles is 1. The van der Waals surface area contributed by atoms with Gasteiger partial charge in [-0.25, -0.2) is 8.42 Å². The number of rotatable bonds is 4. The Kier molecular flexibility index (Phi) is 3.92. The Morgan fingerprint density at radius 3 is 2.24 bits per heavy atom. The Balaban J connectivity index is 2.49. The van der Waals surface area contributed by atoms with Crippen molar-refractivity contribution in [1.82, 2.24) is 0 Å². The third-order valence-electron chi connectivity index (χ3n) is 5.17. The first-order chi connectivity index (χ1) is 9.76. The van der Waals surface area contributed by atoms with Crippen molar-refractivity contribution in [2.75, 3.05) is 0 Å². The van der Waals surface area contributed by atoms with Gasteiger partial charge in [0.05, 0.1) is 11.0 Å². The molecule has 0 N–H and O–H groups in total. The van der Waals surface area contributed by atoms with Crippen LogP contribution in [0.25, 0.3) is 0 Å². The molecule has 3 nitrogen and oxygen atoms in total. The van der Waals surface area contributed by atoms with E-state index >= 15 is 0 Å². The van der Waals surface area contributed by atoms with Crippen molar-refractivity contribution in [3.63, 3.8) is 0 Å². The Labute approximate surface area is 127 Å².